The molecule has 1 unspecified atom stereocenters. The molecule has 0 aliphatic carbocycles. The molecule has 2 aromatic rings. The van der Waals surface area contributed by atoms with Crippen LogP contribution in [0.2, 0.25) is 0 Å². The minimum atomic E-state index is -3.17. The van der Waals surface area contributed by atoms with Crippen LogP contribution < -0.4 is 9.64 Å². The van der Waals surface area contributed by atoms with E-state index >= 15 is 0 Å². The van der Waals surface area contributed by atoms with Crippen molar-refractivity contribution >= 4 is 21.6 Å². The van der Waals surface area contributed by atoms with Crippen molar-refractivity contribution in [2.75, 3.05) is 30.9 Å². The molecule has 3 heterocycles. The first-order valence-corrected chi connectivity index (χ1v) is 11.5. The Bertz CT molecular complexity index is 1040. The molecule has 1 fully saturated rings. The molecule has 1 aromatic carbocycles. The van der Waals surface area contributed by atoms with Crippen LogP contribution in [0.15, 0.2) is 36.7 Å². The van der Waals surface area contributed by atoms with E-state index in [9.17, 15) is 13.2 Å². The summed E-state index contributed by atoms with van der Waals surface area (Å²) < 4.78 is 31.5. The van der Waals surface area contributed by atoms with Gasteiger partial charge < -0.3 is 9.64 Å². The first kappa shape index (κ1) is 19.8. The summed E-state index contributed by atoms with van der Waals surface area (Å²) in [5, 5.41) is 0. The second-order valence-electron chi connectivity index (χ2n) is 7.47. The highest BCUT2D eigenvalue weighted by Crippen LogP contribution is 2.32. The first-order valence-electron chi connectivity index (χ1n) is 9.86. The lowest BCUT2D eigenvalue weighted by Gasteiger charge is -2.39. The number of benzene rings is 1. The van der Waals surface area contributed by atoms with Crippen molar-refractivity contribution in [3.05, 3.63) is 42.2 Å². The first-order chi connectivity index (χ1) is 13.9. The van der Waals surface area contributed by atoms with Gasteiger partial charge in [0.1, 0.15) is 12.4 Å². The molecule has 1 aromatic heterocycles. The lowest BCUT2D eigenvalue weighted by molar-refractivity contribution is -0.118. The normalized spacial score (nSPS) is 19.6. The van der Waals surface area contributed by atoms with Crippen LogP contribution in [0.3, 0.4) is 0 Å². The molecular formula is C21H25N3O4S. The van der Waals surface area contributed by atoms with E-state index in [-0.39, 0.29) is 17.7 Å². The maximum Gasteiger partial charge on any atom is 0.227 e. The van der Waals surface area contributed by atoms with E-state index < -0.39 is 10.0 Å². The molecule has 0 spiro atoms. The minimum Gasteiger partial charge on any atom is -0.490 e. The average Bonchev–Trinajstić information content (AvgIpc) is 2.70. The largest absolute Gasteiger partial charge is 0.490 e. The maximum absolute atomic E-state index is 12.0. The molecule has 4 rings (SSSR count). The summed E-state index contributed by atoms with van der Waals surface area (Å²) in [6, 6.07) is 7.86. The number of nitrogens with zero attached hydrogens (tertiary/aromatic N) is 3. The summed E-state index contributed by atoms with van der Waals surface area (Å²) in [4.78, 5) is 17.9. The Kier molecular flexibility index (Phi) is 5.31. The molecule has 0 N–H and O–H groups in total. The third kappa shape index (κ3) is 3.86. The fourth-order valence-corrected chi connectivity index (χ4v) is 5.14. The Morgan fingerprint density at radius 1 is 1.17 bits per heavy atom. The number of aromatic nitrogens is 1. The molecule has 1 amide bonds. The standard InChI is InChI=1S/C21H25N3O4S/c1-3-29(26,27)24-9-8-18(24)14-28-19-11-17(12-22-13-19)15-4-6-20-16(10-15)5-7-21(25)23(20)2/h4,6,10-13,18H,3,5,7-9,14H2,1-2H3. The number of anilines is 1. The molecule has 29 heavy (non-hydrogen) atoms. The lowest BCUT2D eigenvalue weighted by Crippen LogP contribution is -2.54. The van der Waals surface area contributed by atoms with Gasteiger partial charge in [-0.3, -0.25) is 9.78 Å². The number of sulfonamides is 1. The maximum atomic E-state index is 12.0. The number of ether oxygens (including phenoxy) is 1. The zero-order valence-corrected chi connectivity index (χ0v) is 17.5. The highest BCUT2D eigenvalue weighted by molar-refractivity contribution is 7.89. The van der Waals surface area contributed by atoms with E-state index in [4.69, 9.17) is 4.74 Å². The summed E-state index contributed by atoms with van der Waals surface area (Å²) in [6.07, 6.45) is 5.49. The second kappa shape index (κ2) is 7.76. The highest BCUT2D eigenvalue weighted by Gasteiger charge is 2.36. The summed E-state index contributed by atoms with van der Waals surface area (Å²) in [5.74, 6) is 0.866. The highest BCUT2D eigenvalue weighted by atomic mass is 32.2. The van der Waals surface area contributed by atoms with E-state index in [2.05, 4.69) is 11.1 Å². The molecular weight excluding hydrogens is 390 g/mol. The molecule has 8 heteroatoms. The summed E-state index contributed by atoms with van der Waals surface area (Å²) in [7, 11) is -1.37. The predicted octanol–water partition coefficient (Wildman–Crippen LogP) is 2.46. The average molecular weight is 416 g/mol. The molecule has 0 bridgehead atoms. The number of carbonyl (C=O) groups excluding carboxylic acids is 1. The van der Waals surface area contributed by atoms with E-state index in [1.165, 1.54) is 4.31 Å². The molecule has 2 aliphatic heterocycles. The van der Waals surface area contributed by atoms with Crippen LogP contribution in [-0.4, -0.2) is 55.6 Å². The smallest absolute Gasteiger partial charge is 0.227 e. The van der Waals surface area contributed by atoms with Gasteiger partial charge in [-0.05, 0) is 49.1 Å². The number of hydrogen-bond acceptors (Lipinski definition) is 5. The molecule has 7 nitrogen and oxygen atoms in total. The molecule has 0 saturated carbocycles. The van der Waals surface area contributed by atoms with Crippen LogP contribution in [0.25, 0.3) is 11.1 Å². The van der Waals surface area contributed by atoms with Crippen LogP contribution in [0, 0.1) is 0 Å². The second-order valence-corrected chi connectivity index (χ2v) is 9.68. The van der Waals surface area contributed by atoms with Crippen LogP contribution >= 0.6 is 0 Å². The van der Waals surface area contributed by atoms with Crippen molar-refractivity contribution in [1.29, 1.82) is 0 Å². The van der Waals surface area contributed by atoms with Crippen LogP contribution in [0.4, 0.5) is 5.69 Å². The van der Waals surface area contributed by atoms with Crippen LogP contribution in [0.5, 0.6) is 5.75 Å². The number of aryl methyl sites for hydroxylation is 1. The van der Waals surface area contributed by atoms with Gasteiger partial charge in [-0.15, -0.1) is 0 Å². The monoisotopic (exact) mass is 415 g/mol. The summed E-state index contributed by atoms with van der Waals surface area (Å²) >= 11 is 0. The minimum absolute atomic E-state index is 0.111. The quantitative estimate of drug-likeness (QED) is 0.724. The van der Waals surface area contributed by atoms with Gasteiger partial charge in [0, 0.05) is 37.5 Å². The SMILES string of the molecule is CCS(=O)(=O)N1CCC1COc1cncc(-c2ccc3c(c2)CCC(=O)N3C)c1. The Morgan fingerprint density at radius 2 is 2.00 bits per heavy atom. The fraction of sp³-hybridized carbons (Fsp3) is 0.429. The van der Waals surface area contributed by atoms with Crippen molar-refractivity contribution in [3.8, 4) is 16.9 Å². The third-order valence-corrected chi connectivity index (χ3v) is 7.65. The van der Waals surface area contributed by atoms with Gasteiger partial charge in [0.05, 0.1) is 18.0 Å². The molecule has 1 saturated heterocycles. The fourth-order valence-electron chi connectivity index (χ4n) is 3.80. The van der Waals surface area contributed by atoms with Crippen molar-refractivity contribution in [2.45, 2.75) is 32.2 Å². The van der Waals surface area contributed by atoms with E-state index in [0.717, 1.165) is 35.2 Å². The van der Waals surface area contributed by atoms with E-state index in [1.807, 2.05) is 18.2 Å². The number of hydrogen-bond donors (Lipinski definition) is 0. The van der Waals surface area contributed by atoms with Gasteiger partial charge in [-0.25, -0.2) is 8.42 Å². The van der Waals surface area contributed by atoms with Crippen molar-refractivity contribution in [1.82, 2.24) is 9.29 Å². The number of rotatable bonds is 6. The number of amides is 1. The number of pyridine rings is 1. The van der Waals surface area contributed by atoms with Gasteiger partial charge >= 0.3 is 0 Å². The molecule has 154 valence electrons. The van der Waals surface area contributed by atoms with Crippen molar-refractivity contribution in [3.63, 3.8) is 0 Å². The van der Waals surface area contributed by atoms with Gasteiger partial charge in [0.15, 0.2) is 0 Å². The van der Waals surface area contributed by atoms with Crippen molar-refractivity contribution < 1.29 is 17.9 Å². The van der Waals surface area contributed by atoms with Crippen LogP contribution in [0.1, 0.15) is 25.3 Å². The van der Waals surface area contributed by atoms with Gasteiger partial charge in [0.25, 0.3) is 0 Å². The third-order valence-electron chi connectivity index (χ3n) is 5.72. The Labute approximate surface area is 171 Å². The molecule has 0 radical (unpaired) electrons. The zero-order chi connectivity index (χ0) is 20.6. The number of carbonyl (C=O) groups is 1. The summed E-state index contributed by atoms with van der Waals surface area (Å²) in [5.41, 5.74) is 4.04. The predicted molar refractivity (Wildman–Crippen MR) is 111 cm³/mol. The van der Waals surface area contributed by atoms with Gasteiger partial charge in [0.2, 0.25) is 15.9 Å². The zero-order valence-electron chi connectivity index (χ0n) is 16.7. The van der Waals surface area contributed by atoms with E-state index in [0.29, 0.717) is 25.3 Å². The van der Waals surface area contributed by atoms with Crippen LogP contribution in [-0.2, 0) is 21.2 Å². The molecule has 2 aliphatic rings. The Hall–Kier alpha value is -2.45. The van der Waals surface area contributed by atoms with E-state index in [1.54, 1.807) is 31.3 Å². The lowest BCUT2D eigenvalue weighted by atomic mass is 9.97. The topological polar surface area (TPSA) is 79.8 Å². The molecule has 1 atom stereocenters. The number of fused-ring (bicyclic) bond motifs is 1. The van der Waals surface area contributed by atoms with Gasteiger partial charge in [-0.2, -0.15) is 4.31 Å². The van der Waals surface area contributed by atoms with Crippen molar-refractivity contribution in [2.24, 2.45) is 0 Å². The van der Waals surface area contributed by atoms with Gasteiger partial charge in [-0.1, -0.05) is 6.07 Å². The Morgan fingerprint density at radius 3 is 2.72 bits per heavy atom. The Balaban J connectivity index is 1.48. The summed E-state index contributed by atoms with van der Waals surface area (Å²) in [6.45, 7) is 2.54.